The van der Waals surface area contributed by atoms with Gasteiger partial charge in [0.25, 0.3) is 5.91 Å². The number of hydrogen-bond acceptors (Lipinski definition) is 10. The van der Waals surface area contributed by atoms with Gasteiger partial charge in [-0.25, -0.2) is 15.0 Å². The number of aromatic amines is 2. The van der Waals surface area contributed by atoms with Gasteiger partial charge in [-0.05, 0) is 92.5 Å². The van der Waals surface area contributed by atoms with Gasteiger partial charge < -0.3 is 40.3 Å². The van der Waals surface area contributed by atoms with Gasteiger partial charge in [0.2, 0.25) is 18.1 Å². The van der Waals surface area contributed by atoms with Gasteiger partial charge in [-0.3, -0.25) is 19.2 Å². The molecule has 2 aromatic heterocycles. The summed E-state index contributed by atoms with van der Waals surface area (Å²) in [6, 6.07) is 24.7. The van der Waals surface area contributed by atoms with Crippen molar-refractivity contribution >= 4 is 75.5 Å². The zero-order valence-corrected chi connectivity index (χ0v) is 37.4. The maximum atomic E-state index is 12.5. The second-order valence-corrected chi connectivity index (χ2v) is 16.0. The van der Waals surface area contributed by atoms with Crippen LogP contribution in [0.3, 0.4) is 0 Å². The maximum Gasteiger partial charge on any atom is 0.446 e. The van der Waals surface area contributed by atoms with E-state index >= 15 is 0 Å². The van der Waals surface area contributed by atoms with E-state index in [2.05, 4.69) is 48.6 Å². The standard InChI is InChI=1S/C25H29N3O5.C20H19N5O2.C2HF3O/c1-15(29)26-18-11-20(23(30)32-6)19-13-21(27-22(19)12-18)17-9-7-8-16(10-17)14-28(5)24(31)33-25(2,3)4;1-11(26)23-14-7-15-18-16(10-22-25-20(15)27)19(24-17(18)8-14)13-5-3-4-12(6-13)9-21-2;3-2(4,5)1-6/h7-13,27H,14H2,1-6H3,(H,26,29);3-8,10,21,24H,9H2,1-2H3,(H,23,26)(H,25,27);1H. The molecule has 6 aromatic rings. The van der Waals surface area contributed by atoms with Crippen LogP contribution < -0.4 is 21.4 Å². The molecule has 3 heterocycles. The van der Waals surface area contributed by atoms with Crippen LogP contribution in [0.5, 0.6) is 0 Å². The van der Waals surface area contributed by atoms with E-state index in [4.69, 9.17) is 14.3 Å². The first kappa shape index (κ1) is 49.2. The summed E-state index contributed by atoms with van der Waals surface area (Å²) in [5.74, 6) is -1.24. The SMILES string of the molecule is CNCc1cccc(-c2[nH]c3cc(NC(C)=O)cc4c3c2C=NNC4=O)c1.COC(=O)c1cc(NC(C)=O)cc2[nH]c(-c3cccc(CN(C)C(=O)OC(C)(C)C)c3)cc12.O=CC(F)(F)F. The van der Waals surface area contributed by atoms with E-state index in [1.165, 1.54) is 25.9 Å². The van der Waals surface area contributed by atoms with Crippen LogP contribution in [0, 0.1) is 0 Å². The number of aromatic nitrogens is 2. The van der Waals surface area contributed by atoms with Crippen LogP contribution >= 0.6 is 0 Å². The van der Waals surface area contributed by atoms with Crippen molar-refractivity contribution in [3.05, 3.63) is 107 Å². The molecule has 6 N–H and O–H groups in total. The van der Waals surface area contributed by atoms with E-state index in [-0.39, 0.29) is 17.7 Å². The van der Waals surface area contributed by atoms with E-state index in [9.17, 15) is 37.1 Å². The molecule has 0 spiro atoms. The normalized spacial score (nSPS) is 11.8. The lowest BCUT2D eigenvalue weighted by molar-refractivity contribution is -0.156. The molecule has 0 bridgehead atoms. The quantitative estimate of drug-likeness (QED) is 0.0607. The third-order valence-corrected chi connectivity index (χ3v) is 9.42. The van der Waals surface area contributed by atoms with Crippen LogP contribution in [0.4, 0.5) is 29.3 Å². The number of nitrogens with zero attached hydrogens (tertiary/aromatic N) is 2. The van der Waals surface area contributed by atoms with Crippen molar-refractivity contribution in [3.63, 3.8) is 0 Å². The summed E-state index contributed by atoms with van der Waals surface area (Å²) < 4.78 is 41.6. The number of aldehydes is 1. The zero-order valence-electron chi connectivity index (χ0n) is 37.4. The number of anilines is 2. The number of rotatable bonds is 9. The van der Waals surface area contributed by atoms with Crippen molar-refractivity contribution in [2.75, 3.05) is 31.8 Å². The summed E-state index contributed by atoms with van der Waals surface area (Å²) in [7, 11) is 4.91. The van der Waals surface area contributed by atoms with Crippen molar-refractivity contribution in [1.82, 2.24) is 25.6 Å². The second kappa shape index (κ2) is 20.8. The Balaban J connectivity index is 0.000000223. The van der Waals surface area contributed by atoms with Gasteiger partial charge >= 0.3 is 18.2 Å². The van der Waals surface area contributed by atoms with Gasteiger partial charge in [-0.2, -0.15) is 18.3 Å². The molecule has 66 heavy (non-hydrogen) atoms. The maximum absolute atomic E-state index is 12.5. The van der Waals surface area contributed by atoms with Crippen molar-refractivity contribution in [1.29, 1.82) is 0 Å². The first-order chi connectivity index (χ1) is 31.1. The van der Waals surface area contributed by atoms with E-state index in [0.717, 1.165) is 56.7 Å². The highest BCUT2D eigenvalue weighted by Crippen LogP contribution is 2.35. The minimum Gasteiger partial charge on any atom is -0.465 e. The number of hydrogen-bond donors (Lipinski definition) is 6. The molecule has 0 atom stereocenters. The summed E-state index contributed by atoms with van der Waals surface area (Å²) in [6.07, 6.45) is -4.44. The summed E-state index contributed by atoms with van der Waals surface area (Å²) in [4.78, 5) is 77.0. The smallest absolute Gasteiger partial charge is 0.446 e. The average molecular weight is 911 g/mol. The van der Waals surface area contributed by atoms with E-state index < -0.39 is 30.1 Å². The molecule has 1 aliphatic rings. The number of nitrogens with one attached hydrogen (secondary N) is 6. The fraction of sp³-hybridized carbons (Fsp3) is 0.255. The molecule has 16 nitrogen and oxygen atoms in total. The topological polar surface area (TPSA) is 216 Å². The molecular formula is C47H49F3N8O8. The van der Waals surface area contributed by atoms with Crippen molar-refractivity contribution in [3.8, 4) is 22.5 Å². The highest BCUT2D eigenvalue weighted by molar-refractivity contribution is 6.18. The number of carbonyl (C=O) groups excluding carboxylic acids is 6. The predicted molar refractivity (Wildman–Crippen MR) is 245 cm³/mol. The summed E-state index contributed by atoms with van der Waals surface area (Å²) >= 11 is 0. The van der Waals surface area contributed by atoms with E-state index in [0.29, 0.717) is 39.9 Å². The molecule has 346 valence electrons. The van der Waals surface area contributed by atoms with Gasteiger partial charge in [-0.1, -0.05) is 36.4 Å². The Hall–Kier alpha value is -7.80. The Morgan fingerprint density at radius 2 is 1.44 bits per heavy atom. The fourth-order valence-electron chi connectivity index (χ4n) is 6.89. The van der Waals surface area contributed by atoms with E-state index in [1.807, 2.05) is 76.3 Å². The van der Waals surface area contributed by atoms with Gasteiger partial charge in [0.1, 0.15) is 5.60 Å². The number of H-pyrrole nitrogens is 2. The Morgan fingerprint density at radius 1 is 0.833 bits per heavy atom. The van der Waals surface area contributed by atoms with Gasteiger partial charge in [-0.15, -0.1) is 0 Å². The number of alkyl halides is 3. The zero-order chi connectivity index (χ0) is 48.5. The highest BCUT2D eigenvalue weighted by Gasteiger charge is 2.25. The first-order valence-electron chi connectivity index (χ1n) is 20.2. The van der Waals surface area contributed by atoms with Crippen LogP contribution in [0.25, 0.3) is 44.3 Å². The molecule has 4 aromatic carbocycles. The molecule has 0 unspecified atom stereocenters. The molecular weight excluding hydrogens is 862 g/mol. The van der Waals surface area contributed by atoms with Crippen molar-refractivity contribution in [2.45, 2.75) is 59.5 Å². The van der Waals surface area contributed by atoms with Crippen LogP contribution in [-0.2, 0) is 36.9 Å². The lowest BCUT2D eigenvalue weighted by Crippen LogP contribution is -2.33. The number of benzene rings is 4. The molecule has 0 fully saturated rings. The number of methoxy groups -OCH3 is 1. The monoisotopic (exact) mass is 910 g/mol. The minimum atomic E-state index is -4.64. The predicted octanol–water partition coefficient (Wildman–Crippen LogP) is 8.28. The summed E-state index contributed by atoms with van der Waals surface area (Å²) in [5, 5.41) is 14.1. The number of carbonyl (C=O) groups is 6. The minimum absolute atomic E-state index is 0.196. The number of ether oxygens (including phenoxy) is 2. The highest BCUT2D eigenvalue weighted by atomic mass is 19.4. The van der Waals surface area contributed by atoms with Crippen LogP contribution in [0.15, 0.2) is 84.0 Å². The molecule has 0 radical (unpaired) electrons. The molecule has 7 rings (SSSR count). The Kier molecular flexibility index (Phi) is 15.5. The third-order valence-electron chi connectivity index (χ3n) is 9.42. The fourth-order valence-corrected chi connectivity index (χ4v) is 6.89. The van der Waals surface area contributed by atoms with Crippen molar-refractivity contribution in [2.24, 2.45) is 5.10 Å². The van der Waals surface area contributed by atoms with Crippen LogP contribution in [0.2, 0.25) is 0 Å². The molecule has 0 saturated carbocycles. The van der Waals surface area contributed by atoms with Gasteiger partial charge in [0, 0.05) is 78.4 Å². The van der Waals surface area contributed by atoms with Gasteiger partial charge in [0.05, 0.1) is 30.1 Å². The number of halogens is 3. The Morgan fingerprint density at radius 3 is 2.05 bits per heavy atom. The average Bonchev–Trinajstić information content (AvgIpc) is 3.79. The van der Waals surface area contributed by atoms with Crippen LogP contribution in [0.1, 0.15) is 72.0 Å². The largest absolute Gasteiger partial charge is 0.465 e. The molecule has 0 aliphatic carbocycles. The number of hydrazone groups is 1. The summed E-state index contributed by atoms with van der Waals surface area (Å²) in [5.41, 5.74) is 11.8. The first-order valence-corrected chi connectivity index (χ1v) is 20.2. The Labute approximate surface area is 377 Å². The molecule has 0 saturated heterocycles. The third kappa shape index (κ3) is 12.9. The lowest BCUT2D eigenvalue weighted by atomic mass is 10.0. The van der Waals surface area contributed by atoms with Crippen LogP contribution in [-0.4, -0.2) is 90.1 Å². The number of amides is 4. The molecule has 19 heteroatoms. The molecule has 4 amide bonds. The Bertz CT molecular complexity index is 2840. The van der Waals surface area contributed by atoms with E-state index in [1.54, 1.807) is 31.5 Å². The number of esters is 1. The summed E-state index contributed by atoms with van der Waals surface area (Å²) in [6.45, 7) is 9.46. The van der Waals surface area contributed by atoms with Gasteiger partial charge in [0.15, 0.2) is 0 Å². The second-order valence-electron chi connectivity index (χ2n) is 16.0. The lowest BCUT2D eigenvalue weighted by Gasteiger charge is -2.24. The molecule has 1 aliphatic heterocycles. The number of fused-ring (bicyclic) bond motifs is 1. The van der Waals surface area contributed by atoms with Crippen molar-refractivity contribution < 1.29 is 51.4 Å².